The molecule has 0 spiro atoms. The molecule has 2 unspecified atom stereocenters. The Labute approximate surface area is 169 Å². The van der Waals surface area contributed by atoms with Crippen molar-refractivity contribution in [2.45, 2.75) is 44.1 Å². The van der Waals surface area contributed by atoms with Gasteiger partial charge in [-0.15, -0.1) is 11.3 Å². The Hall–Kier alpha value is -0.580. The van der Waals surface area contributed by atoms with E-state index in [0.717, 1.165) is 32.1 Å². The van der Waals surface area contributed by atoms with E-state index in [2.05, 4.69) is 22.8 Å². The van der Waals surface area contributed by atoms with E-state index in [9.17, 15) is 0 Å². The van der Waals surface area contributed by atoms with E-state index in [1.165, 1.54) is 41.7 Å². The van der Waals surface area contributed by atoms with Crippen molar-refractivity contribution in [2.24, 2.45) is 5.92 Å². The fourth-order valence-electron chi connectivity index (χ4n) is 4.28. The van der Waals surface area contributed by atoms with Gasteiger partial charge < -0.3 is 10.1 Å². The van der Waals surface area contributed by atoms with Gasteiger partial charge in [-0.3, -0.25) is 0 Å². The third-order valence-electron chi connectivity index (χ3n) is 5.79. The molecule has 0 amide bonds. The molecular weight excluding hydrogens is 385 g/mol. The van der Waals surface area contributed by atoms with E-state index in [4.69, 9.17) is 27.9 Å². The molecule has 1 aromatic carbocycles. The van der Waals surface area contributed by atoms with Gasteiger partial charge in [-0.25, -0.2) is 0 Å². The lowest BCUT2D eigenvalue weighted by atomic mass is 9.82. The van der Waals surface area contributed by atoms with Crippen LogP contribution in [0.25, 0.3) is 0 Å². The minimum atomic E-state index is 0.438. The molecule has 2 heterocycles. The lowest BCUT2D eigenvalue weighted by molar-refractivity contribution is 0.0637. The van der Waals surface area contributed by atoms with Gasteiger partial charge in [0.2, 0.25) is 0 Å². The van der Waals surface area contributed by atoms with Crippen LogP contribution < -0.4 is 5.32 Å². The molecule has 0 bridgehead atoms. The first-order valence-electron chi connectivity index (χ1n) is 9.55. The molecule has 5 heteroatoms. The second-order valence-electron chi connectivity index (χ2n) is 7.39. The van der Waals surface area contributed by atoms with Gasteiger partial charge >= 0.3 is 0 Å². The largest absolute Gasteiger partial charge is 0.381 e. The van der Waals surface area contributed by atoms with Gasteiger partial charge in [0, 0.05) is 30.1 Å². The summed E-state index contributed by atoms with van der Waals surface area (Å²) in [6.45, 7) is 2.98. The molecule has 140 valence electrons. The Morgan fingerprint density at radius 3 is 2.69 bits per heavy atom. The second kappa shape index (κ2) is 8.62. The van der Waals surface area contributed by atoms with Crippen molar-refractivity contribution in [3.05, 3.63) is 55.7 Å². The number of benzene rings is 1. The van der Waals surface area contributed by atoms with E-state index in [1.54, 1.807) is 0 Å². The Bertz CT molecular complexity index is 741. The predicted molar refractivity (Wildman–Crippen MR) is 111 cm³/mol. The number of hydrogen-bond donors (Lipinski definition) is 1. The van der Waals surface area contributed by atoms with Crippen LogP contribution in [0.5, 0.6) is 0 Å². The van der Waals surface area contributed by atoms with Crippen LogP contribution in [0.3, 0.4) is 0 Å². The highest BCUT2D eigenvalue weighted by Crippen LogP contribution is 2.45. The molecule has 26 heavy (non-hydrogen) atoms. The number of rotatable bonds is 5. The zero-order valence-corrected chi connectivity index (χ0v) is 17.2. The summed E-state index contributed by atoms with van der Waals surface area (Å²) in [7, 11) is 0. The molecule has 1 aliphatic heterocycles. The van der Waals surface area contributed by atoms with E-state index < -0.39 is 0 Å². The molecule has 2 nitrogen and oxygen atoms in total. The zero-order valence-electron chi connectivity index (χ0n) is 14.8. The molecular formula is C21H25Cl2NOS. The second-order valence-corrected chi connectivity index (χ2v) is 9.16. The number of fused-ring (bicyclic) bond motifs is 1. The topological polar surface area (TPSA) is 21.3 Å². The van der Waals surface area contributed by atoms with Gasteiger partial charge in [-0.2, -0.15) is 0 Å². The van der Waals surface area contributed by atoms with Gasteiger partial charge in [-0.05, 0) is 79.3 Å². The summed E-state index contributed by atoms with van der Waals surface area (Å²) in [5, 5.41) is 7.33. The Morgan fingerprint density at radius 2 is 1.88 bits per heavy atom. The molecule has 2 aliphatic rings. The van der Waals surface area contributed by atoms with Crippen LogP contribution in [0, 0.1) is 5.92 Å². The maximum absolute atomic E-state index is 6.26. The fourth-order valence-corrected chi connectivity index (χ4v) is 5.71. The highest BCUT2D eigenvalue weighted by Gasteiger charge is 2.29. The van der Waals surface area contributed by atoms with Crippen LogP contribution in [0.2, 0.25) is 10.0 Å². The molecule has 1 fully saturated rings. The molecule has 1 N–H and O–H groups in total. The van der Waals surface area contributed by atoms with Crippen LogP contribution in [0.4, 0.5) is 0 Å². The lowest BCUT2D eigenvalue weighted by Crippen LogP contribution is -2.28. The summed E-state index contributed by atoms with van der Waals surface area (Å²) in [6, 6.07) is 8.87. The van der Waals surface area contributed by atoms with Crippen molar-refractivity contribution < 1.29 is 4.74 Å². The highest BCUT2D eigenvalue weighted by molar-refractivity contribution is 7.10. The first-order chi connectivity index (χ1) is 12.7. The number of hydrogen-bond acceptors (Lipinski definition) is 3. The van der Waals surface area contributed by atoms with Crippen molar-refractivity contribution in [1.82, 2.24) is 5.32 Å². The Morgan fingerprint density at radius 1 is 1.04 bits per heavy atom. The van der Waals surface area contributed by atoms with E-state index in [1.807, 2.05) is 23.5 Å². The first kappa shape index (κ1) is 18.8. The Kier molecular flexibility index (Phi) is 6.22. The standard InChI is InChI=1S/C21H25Cl2NOS/c22-18-3-1-15(13-19(18)23)16-2-4-20(17-8-12-26-21(16)17)24-9-5-14-6-10-25-11-7-14/h1,3,8,12-14,16,20,24H,2,4-7,9-11H2. The molecule has 2 atom stereocenters. The molecule has 1 aliphatic carbocycles. The number of thiophene rings is 1. The monoisotopic (exact) mass is 409 g/mol. The van der Waals surface area contributed by atoms with Gasteiger partial charge in [0.15, 0.2) is 0 Å². The summed E-state index contributed by atoms with van der Waals surface area (Å²) >= 11 is 14.2. The molecule has 1 aromatic heterocycles. The third-order valence-corrected chi connectivity index (χ3v) is 7.58. The summed E-state index contributed by atoms with van der Waals surface area (Å²) in [4.78, 5) is 1.48. The van der Waals surface area contributed by atoms with Crippen molar-refractivity contribution in [2.75, 3.05) is 19.8 Å². The fraction of sp³-hybridized carbons (Fsp3) is 0.524. The molecule has 0 saturated carbocycles. The number of ether oxygens (including phenoxy) is 1. The van der Waals surface area contributed by atoms with Gasteiger partial charge in [0.25, 0.3) is 0 Å². The SMILES string of the molecule is Clc1ccc(C2CCC(NCCC3CCOCC3)c3ccsc32)cc1Cl. The summed E-state index contributed by atoms with van der Waals surface area (Å²) in [5.74, 6) is 1.26. The molecule has 1 saturated heterocycles. The zero-order chi connectivity index (χ0) is 17.9. The molecule has 4 rings (SSSR count). The predicted octanol–water partition coefficient (Wildman–Crippen LogP) is 6.43. The average molecular weight is 410 g/mol. The van der Waals surface area contributed by atoms with Crippen LogP contribution in [0.1, 0.15) is 60.1 Å². The van der Waals surface area contributed by atoms with E-state index in [0.29, 0.717) is 22.0 Å². The minimum absolute atomic E-state index is 0.438. The molecule has 2 aromatic rings. The summed E-state index contributed by atoms with van der Waals surface area (Å²) in [5.41, 5.74) is 2.76. The highest BCUT2D eigenvalue weighted by atomic mass is 35.5. The maximum atomic E-state index is 6.26. The first-order valence-corrected chi connectivity index (χ1v) is 11.2. The maximum Gasteiger partial charge on any atom is 0.0595 e. The quantitative estimate of drug-likeness (QED) is 0.614. The van der Waals surface area contributed by atoms with Gasteiger partial charge in [-0.1, -0.05) is 29.3 Å². The van der Waals surface area contributed by atoms with E-state index in [-0.39, 0.29) is 0 Å². The average Bonchev–Trinajstić information content (AvgIpc) is 3.15. The third kappa shape index (κ3) is 4.13. The van der Waals surface area contributed by atoms with Crippen molar-refractivity contribution in [1.29, 1.82) is 0 Å². The smallest absolute Gasteiger partial charge is 0.0595 e. The van der Waals surface area contributed by atoms with Crippen LogP contribution in [-0.2, 0) is 4.74 Å². The van der Waals surface area contributed by atoms with Crippen LogP contribution in [-0.4, -0.2) is 19.8 Å². The van der Waals surface area contributed by atoms with E-state index >= 15 is 0 Å². The number of nitrogens with one attached hydrogen (secondary N) is 1. The molecule has 0 radical (unpaired) electrons. The van der Waals surface area contributed by atoms with Crippen LogP contribution in [0.15, 0.2) is 29.6 Å². The van der Waals surface area contributed by atoms with Crippen molar-refractivity contribution in [3.8, 4) is 0 Å². The number of halogens is 2. The Balaban J connectivity index is 1.42. The lowest BCUT2D eigenvalue weighted by Gasteiger charge is -2.31. The van der Waals surface area contributed by atoms with Crippen LogP contribution >= 0.6 is 34.5 Å². The normalized spacial score (nSPS) is 23.8. The van der Waals surface area contributed by atoms with Gasteiger partial charge in [0.05, 0.1) is 10.0 Å². The minimum Gasteiger partial charge on any atom is -0.381 e. The van der Waals surface area contributed by atoms with Crippen molar-refractivity contribution in [3.63, 3.8) is 0 Å². The summed E-state index contributed by atoms with van der Waals surface area (Å²) < 4.78 is 5.46. The van der Waals surface area contributed by atoms with Crippen molar-refractivity contribution >= 4 is 34.5 Å². The van der Waals surface area contributed by atoms with Gasteiger partial charge in [0.1, 0.15) is 0 Å². The summed E-state index contributed by atoms with van der Waals surface area (Å²) in [6.07, 6.45) is 6.02.